The van der Waals surface area contributed by atoms with Gasteiger partial charge >= 0.3 is 0 Å². The van der Waals surface area contributed by atoms with Crippen LogP contribution in [0.1, 0.15) is 5.69 Å². The molecule has 1 aliphatic heterocycles. The fourth-order valence-corrected chi connectivity index (χ4v) is 3.96. The van der Waals surface area contributed by atoms with Gasteiger partial charge in [-0.15, -0.1) is 6.58 Å². The van der Waals surface area contributed by atoms with Gasteiger partial charge in [-0.1, -0.05) is 29.5 Å². The second-order valence-electron chi connectivity index (χ2n) is 6.04. The minimum absolute atomic E-state index is 0.137. The summed E-state index contributed by atoms with van der Waals surface area (Å²) in [7, 11) is 0. The van der Waals surface area contributed by atoms with Crippen LogP contribution in [0.25, 0.3) is 10.7 Å². The minimum atomic E-state index is -0.752. The maximum absolute atomic E-state index is 12.6. The van der Waals surface area contributed by atoms with Crippen LogP contribution in [0.2, 0.25) is 0 Å². The molecule has 10 heteroatoms. The Morgan fingerprint density at radius 2 is 2.29 bits per heavy atom. The van der Waals surface area contributed by atoms with E-state index in [-0.39, 0.29) is 12.5 Å². The van der Waals surface area contributed by atoms with E-state index < -0.39 is 6.10 Å². The third-order valence-corrected chi connectivity index (χ3v) is 5.48. The molecule has 0 radical (unpaired) electrons. The number of anilines is 1. The number of carbonyl (C=O) groups is 1. The highest BCUT2D eigenvalue weighted by atomic mass is 32.1. The highest BCUT2D eigenvalue weighted by Crippen LogP contribution is 2.33. The summed E-state index contributed by atoms with van der Waals surface area (Å²) in [4.78, 5) is 17.9. The van der Waals surface area contributed by atoms with E-state index in [0.29, 0.717) is 33.8 Å². The van der Waals surface area contributed by atoms with Crippen LogP contribution < -0.4 is 14.8 Å². The van der Waals surface area contributed by atoms with Gasteiger partial charge in [-0.25, -0.2) is 4.98 Å². The van der Waals surface area contributed by atoms with Gasteiger partial charge in [0.1, 0.15) is 6.61 Å². The van der Waals surface area contributed by atoms with Crippen molar-refractivity contribution in [1.82, 2.24) is 19.7 Å². The molecule has 144 valence electrons. The predicted molar refractivity (Wildman–Crippen MR) is 108 cm³/mol. The zero-order valence-electron chi connectivity index (χ0n) is 15.0. The van der Waals surface area contributed by atoms with Crippen molar-refractivity contribution in [1.29, 1.82) is 0 Å². The van der Waals surface area contributed by atoms with Crippen molar-refractivity contribution in [3.63, 3.8) is 0 Å². The molecule has 0 saturated heterocycles. The van der Waals surface area contributed by atoms with Crippen LogP contribution in [-0.2, 0) is 11.3 Å². The second kappa shape index (κ2) is 7.56. The second-order valence-corrected chi connectivity index (χ2v) is 7.42. The van der Waals surface area contributed by atoms with E-state index in [9.17, 15) is 4.79 Å². The van der Waals surface area contributed by atoms with Crippen molar-refractivity contribution in [3.8, 4) is 22.2 Å². The quantitative estimate of drug-likeness (QED) is 0.490. The number of hydrogen-bond donors (Lipinski definition) is 2. The number of rotatable bonds is 5. The highest BCUT2D eigenvalue weighted by molar-refractivity contribution is 7.71. The maximum Gasteiger partial charge on any atom is 0.270 e. The van der Waals surface area contributed by atoms with Crippen LogP contribution >= 0.6 is 23.6 Å². The molecule has 28 heavy (non-hydrogen) atoms. The van der Waals surface area contributed by atoms with E-state index in [2.05, 4.69) is 27.1 Å². The van der Waals surface area contributed by atoms with Gasteiger partial charge < -0.3 is 9.47 Å². The summed E-state index contributed by atoms with van der Waals surface area (Å²) in [5, 5.41) is 10.3. The van der Waals surface area contributed by atoms with Gasteiger partial charge in [0, 0.05) is 6.54 Å². The van der Waals surface area contributed by atoms with Crippen molar-refractivity contribution in [2.24, 2.45) is 0 Å². The van der Waals surface area contributed by atoms with E-state index in [1.807, 2.05) is 23.6 Å². The Kier molecular flexibility index (Phi) is 4.97. The zero-order chi connectivity index (χ0) is 19.7. The number of thiazole rings is 1. The SMILES string of the molecule is C=CCn1c(-c2sc(NC(=O)[C@@H]3COc4ccccc4O3)nc2C)n[nH]c1=S. The number of hydrogen-bond acceptors (Lipinski definition) is 7. The van der Waals surface area contributed by atoms with E-state index >= 15 is 0 Å². The van der Waals surface area contributed by atoms with Crippen molar-refractivity contribution < 1.29 is 14.3 Å². The number of amides is 1. The first kappa shape index (κ1) is 18.4. The lowest BCUT2D eigenvalue weighted by Crippen LogP contribution is -2.40. The molecule has 1 aliphatic rings. The lowest BCUT2D eigenvalue weighted by molar-refractivity contribution is -0.125. The molecule has 1 atom stereocenters. The van der Waals surface area contributed by atoms with Crippen molar-refractivity contribution in [2.75, 3.05) is 11.9 Å². The molecule has 2 aromatic heterocycles. The van der Waals surface area contributed by atoms with Crippen LogP contribution in [0.3, 0.4) is 0 Å². The van der Waals surface area contributed by atoms with Gasteiger partial charge in [-0.3, -0.25) is 19.8 Å². The fraction of sp³-hybridized carbons (Fsp3) is 0.222. The molecule has 4 rings (SSSR count). The Hall–Kier alpha value is -2.98. The molecular formula is C18H17N5O3S2. The van der Waals surface area contributed by atoms with Gasteiger partial charge in [0.05, 0.1) is 10.6 Å². The molecule has 0 spiro atoms. The number of aromatic amines is 1. The number of fused-ring (bicyclic) bond motifs is 1. The average molecular weight is 416 g/mol. The average Bonchev–Trinajstić information content (AvgIpc) is 3.24. The molecule has 0 bridgehead atoms. The van der Waals surface area contributed by atoms with Gasteiger partial charge in [-0.05, 0) is 31.3 Å². The smallest absolute Gasteiger partial charge is 0.270 e. The fourth-order valence-electron chi connectivity index (χ4n) is 2.78. The standard InChI is InChI=1S/C18H17N5O3S2/c1-3-8-23-15(21-22-18(23)27)14-10(2)19-17(28-14)20-16(24)13-9-25-11-6-4-5-7-12(11)26-13/h3-7,13H,1,8-9H2,2H3,(H,22,27)(H,19,20,24)/t13-/m0/s1. The van der Waals surface area contributed by atoms with Crippen molar-refractivity contribution in [2.45, 2.75) is 19.6 Å². The number of nitrogens with one attached hydrogen (secondary N) is 2. The van der Waals surface area contributed by atoms with Gasteiger partial charge in [0.15, 0.2) is 27.2 Å². The summed E-state index contributed by atoms with van der Waals surface area (Å²) in [6.45, 7) is 6.26. The van der Waals surface area contributed by atoms with Crippen molar-refractivity contribution in [3.05, 3.63) is 47.4 Å². The predicted octanol–water partition coefficient (Wildman–Crippen LogP) is 3.34. The lowest BCUT2D eigenvalue weighted by Gasteiger charge is -2.25. The summed E-state index contributed by atoms with van der Waals surface area (Å²) in [5.74, 6) is 1.51. The first-order valence-electron chi connectivity index (χ1n) is 8.50. The number of nitrogens with zero attached hydrogens (tertiary/aromatic N) is 3. The van der Waals surface area contributed by atoms with E-state index in [1.165, 1.54) is 11.3 Å². The molecule has 0 saturated carbocycles. The molecule has 0 fully saturated rings. The van der Waals surface area contributed by atoms with Crippen molar-refractivity contribution >= 4 is 34.6 Å². The van der Waals surface area contributed by atoms with Crippen LogP contribution in [0.4, 0.5) is 5.13 Å². The summed E-state index contributed by atoms with van der Waals surface area (Å²) >= 11 is 6.58. The molecule has 1 aromatic carbocycles. The van der Waals surface area contributed by atoms with Gasteiger partial charge in [0.25, 0.3) is 5.91 Å². The number of aryl methyl sites for hydroxylation is 1. The summed E-state index contributed by atoms with van der Waals surface area (Å²) in [6.07, 6.45) is 0.990. The monoisotopic (exact) mass is 415 g/mol. The number of aromatic nitrogens is 4. The molecule has 0 unspecified atom stereocenters. The van der Waals surface area contributed by atoms with Crippen LogP contribution in [0.15, 0.2) is 36.9 Å². The normalized spacial score (nSPS) is 15.2. The number of carbonyl (C=O) groups excluding carboxylic acids is 1. The number of H-pyrrole nitrogens is 1. The third-order valence-electron chi connectivity index (χ3n) is 4.10. The Bertz CT molecular complexity index is 1100. The molecule has 0 aliphatic carbocycles. The minimum Gasteiger partial charge on any atom is -0.485 e. The van der Waals surface area contributed by atoms with Gasteiger partial charge in [0.2, 0.25) is 6.10 Å². The first-order chi connectivity index (χ1) is 13.6. The summed E-state index contributed by atoms with van der Waals surface area (Å²) in [6, 6.07) is 7.25. The topological polar surface area (TPSA) is 94.1 Å². The van der Waals surface area contributed by atoms with Crippen LogP contribution in [0, 0.1) is 11.7 Å². The molecule has 3 aromatic rings. The lowest BCUT2D eigenvalue weighted by atomic mass is 10.2. The highest BCUT2D eigenvalue weighted by Gasteiger charge is 2.28. The number of para-hydroxylation sites is 2. The Labute approximate surface area is 169 Å². The van der Waals surface area contributed by atoms with Crippen LogP contribution in [-0.4, -0.2) is 38.4 Å². The Balaban J connectivity index is 1.53. The van der Waals surface area contributed by atoms with E-state index in [1.54, 1.807) is 18.2 Å². The molecule has 1 amide bonds. The maximum atomic E-state index is 12.6. The zero-order valence-corrected chi connectivity index (χ0v) is 16.6. The number of benzene rings is 1. The van der Waals surface area contributed by atoms with E-state index in [4.69, 9.17) is 21.7 Å². The summed E-state index contributed by atoms with van der Waals surface area (Å²) < 4.78 is 13.7. The van der Waals surface area contributed by atoms with E-state index in [0.717, 1.165) is 10.6 Å². The first-order valence-corrected chi connectivity index (χ1v) is 9.72. The largest absolute Gasteiger partial charge is 0.485 e. The van der Waals surface area contributed by atoms with Crippen LogP contribution in [0.5, 0.6) is 11.5 Å². The summed E-state index contributed by atoms with van der Waals surface area (Å²) in [5.41, 5.74) is 0.741. The molecule has 2 N–H and O–H groups in total. The molecule has 8 nitrogen and oxygen atoms in total. The third kappa shape index (κ3) is 3.43. The molecule has 3 heterocycles. The Morgan fingerprint density at radius 1 is 1.50 bits per heavy atom. The number of ether oxygens (including phenoxy) is 2. The van der Waals surface area contributed by atoms with Gasteiger partial charge in [-0.2, -0.15) is 5.10 Å². The number of allylic oxidation sites excluding steroid dienone is 1. The molecular weight excluding hydrogens is 398 g/mol. The Morgan fingerprint density at radius 3 is 3.07 bits per heavy atom.